The van der Waals surface area contributed by atoms with Gasteiger partial charge in [-0.2, -0.15) is 5.10 Å². The van der Waals surface area contributed by atoms with Crippen LogP contribution < -0.4 is 5.32 Å². The number of aromatic nitrogens is 3. The van der Waals surface area contributed by atoms with Crippen molar-refractivity contribution in [3.05, 3.63) is 66.6 Å². The highest BCUT2D eigenvalue weighted by atomic mass is 16.2. The fourth-order valence-electron chi connectivity index (χ4n) is 3.30. The van der Waals surface area contributed by atoms with Crippen LogP contribution in [0.25, 0.3) is 16.9 Å². The second-order valence-corrected chi connectivity index (χ2v) is 6.68. The summed E-state index contributed by atoms with van der Waals surface area (Å²) in [5.41, 5.74) is 2.53. The minimum Gasteiger partial charge on any atom is -0.343 e. The lowest BCUT2D eigenvalue weighted by Crippen LogP contribution is -2.38. The van der Waals surface area contributed by atoms with Crippen molar-refractivity contribution in [3.63, 3.8) is 0 Å². The molecular weight excluding hydrogens is 354 g/mol. The molecule has 1 aliphatic rings. The van der Waals surface area contributed by atoms with Crippen LogP contribution in [0.3, 0.4) is 0 Å². The zero-order valence-electron chi connectivity index (χ0n) is 15.4. The van der Waals surface area contributed by atoms with Crippen molar-refractivity contribution < 1.29 is 9.59 Å². The van der Waals surface area contributed by atoms with Gasteiger partial charge < -0.3 is 10.2 Å². The van der Waals surface area contributed by atoms with Crippen molar-refractivity contribution in [2.45, 2.75) is 12.8 Å². The van der Waals surface area contributed by atoms with Crippen LogP contribution in [0.1, 0.15) is 23.2 Å². The summed E-state index contributed by atoms with van der Waals surface area (Å²) >= 11 is 0. The number of likely N-dealkylation sites (tertiary alicyclic amines) is 1. The van der Waals surface area contributed by atoms with Crippen molar-refractivity contribution >= 4 is 11.8 Å². The lowest BCUT2D eigenvalue weighted by molar-refractivity contribution is -0.129. The number of rotatable bonds is 5. The Labute approximate surface area is 163 Å². The molecule has 0 bridgehead atoms. The number of benzene rings is 1. The van der Waals surface area contributed by atoms with Crippen molar-refractivity contribution in [2.24, 2.45) is 0 Å². The van der Waals surface area contributed by atoms with E-state index in [1.807, 2.05) is 36.4 Å². The largest absolute Gasteiger partial charge is 0.343 e. The normalized spacial score (nSPS) is 13.5. The number of para-hydroxylation sites is 1. The number of nitrogens with zero attached hydrogens (tertiary/aromatic N) is 4. The Morgan fingerprint density at radius 2 is 1.82 bits per heavy atom. The fourth-order valence-corrected chi connectivity index (χ4v) is 3.30. The molecule has 7 heteroatoms. The van der Waals surface area contributed by atoms with Gasteiger partial charge in [-0.3, -0.25) is 14.6 Å². The third kappa shape index (κ3) is 3.78. The van der Waals surface area contributed by atoms with E-state index in [9.17, 15) is 9.59 Å². The number of carbonyl (C=O) groups is 2. The number of nitrogens with one attached hydrogen (secondary N) is 1. The van der Waals surface area contributed by atoms with Gasteiger partial charge in [-0.05, 0) is 37.1 Å². The standard InChI is InChI=1S/C21H21N5O2/c27-19(25-11-4-5-12-25)14-23-21(28)18-15-26(17-8-2-1-3-9-17)24-20(18)16-7-6-10-22-13-16/h1-3,6-10,13,15H,4-5,11-12,14H2,(H,23,28). The molecule has 3 heterocycles. The molecule has 3 aromatic rings. The van der Waals surface area contributed by atoms with Gasteiger partial charge in [0.25, 0.3) is 5.91 Å². The van der Waals surface area contributed by atoms with Crippen molar-refractivity contribution in [1.29, 1.82) is 0 Å². The third-order valence-electron chi connectivity index (χ3n) is 4.77. The number of hydrogen-bond donors (Lipinski definition) is 1. The molecule has 1 N–H and O–H groups in total. The predicted octanol–water partition coefficient (Wildman–Crippen LogP) is 2.29. The lowest BCUT2D eigenvalue weighted by atomic mass is 10.1. The number of amides is 2. The second-order valence-electron chi connectivity index (χ2n) is 6.68. The van der Waals surface area contributed by atoms with E-state index in [-0.39, 0.29) is 18.4 Å². The summed E-state index contributed by atoms with van der Waals surface area (Å²) in [6, 6.07) is 13.2. The van der Waals surface area contributed by atoms with Crippen LogP contribution in [0.4, 0.5) is 0 Å². The molecule has 0 aliphatic carbocycles. The van der Waals surface area contributed by atoms with Gasteiger partial charge in [-0.25, -0.2) is 4.68 Å². The molecule has 1 fully saturated rings. The van der Waals surface area contributed by atoms with Crippen LogP contribution >= 0.6 is 0 Å². The monoisotopic (exact) mass is 375 g/mol. The summed E-state index contributed by atoms with van der Waals surface area (Å²) in [4.78, 5) is 31.0. The molecule has 0 saturated carbocycles. The molecule has 0 atom stereocenters. The average molecular weight is 375 g/mol. The molecule has 28 heavy (non-hydrogen) atoms. The van der Waals surface area contributed by atoms with Crippen LogP contribution in [-0.2, 0) is 4.79 Å². The van der Waals surface area contributed by atoms with Crippen LogP contribution in [0.15, 0.2) is 61.1 Å². The molecule has 1 saturated heterocycles. The average Bonchev–Trinajstić information content (AvgIpc) is 3.43. The summed E-state index contributed by atoms with van der Waals surface area (Å²) in [5, 5.41) is 7.34. The summed E-state index contributed by atoms with van der Waals surface area (Å²) < 4.78 is 1.67. The molecule has 0 spiro atoms. The molecule has 142 valence electrons. The van der Waals surface area contributed by atoms with Crippen LogP contribution in [0, 0.1) is 0 Å². The quantitative estimate of drug-likeness (QED) is 0.742. The van der Waals surface area contributed by atoms with Gasteiger partial charge in [0, 0.05) is 37.2 Å². The molecule has 4 rings (SSSR count). The minimum atomic E-state index is -0.325. The molecule has 0 unspecified atom stereocenters. The smallest absolute Gasteiger partial charge is 0.255 e. The first-order valence-corrected chi connectivity index (χ1v) is 9.34. The predicted molar refractivity (Wildman–Crippen MR) is 105 cm³/mol. The van der Waals surface area contributed by atoms with Gasteiger partial charge in [-0.15, -0.1) is 0 Å². The molecule has 2 aromatic heterocycles. The first-order valence-electron chi connectivity index (χ1n) is 9.34. The van der Waals surface area contributed by atoms with E-state index < -0.39 is 0 Å². The molecule has 1 aliphatic heterocycles. The summed E-state index contributed by atoms with van der Waals surface area (Å²) in [5.74, 6) is -0.377. The number of carbonyl (C=O) groups excluding carboxylic acids is 2. The zero-order valence-corrected chi connectivity index (χ0v) is 15.4. The maximum absolute atomic E-state index is 12.8. The van der Waals surface area contributed by atoms with Gasteiger partial charge >= 0.3 is 0 Å². The van der Waals surface area contributed by atoms with Crippen LogP contribution in [-0.4, -0.2) is 51.1 Å². The highest BCUT2D eigenvalue weighted by molar-refractivity contribution is 6.01. The minimum absolute atomic E-state index is 0.0121. The van der Waals surface area contributed by atoms with Gasteiger partial charge in [0.05, 0.1) is 17.8 Å². The number of pyridine rings is 1. The van der Waals surface area contributed by atoms with E-state index in [0.717, 1.165) is 37.2 Å². The van der Waals surface area contributed by atoms with Crippen molar-refractivity contribution in [2.75, 3.05) is 19.6 Å². The van der Waals surface area contributed by atoms with Gasteiger partial charge in [0.2, 0.25) is 5.91 Å². The Morgan fingerprint density at radius 1 is 1.04 bits per heavy atom. The van der Waals surface area contributed by atoms with E-state index in [4.69, 9.17) is 0 Å². The van der Waals surface area contributed by atoms with Gasteiger partial charge in [0.1, 0.15) is 5.69 Å². The Bertz CT molecular complexity index is 963. The van der Waals surface area contributed by atoms with E-state index in [1.165, 1.54) is 0 Å². The van der Waals surface area contributed by atoms with Crippen LogP contribution in [0.5, 0.6) is 0 Å². The molecular formula is C21H21N5O2. The van der Waals surface area contributed by atoms with E-state index in [1.54, 1.807) is 34.2 Å². The Kier molecular flexibility index (Phi) is 5.14. The maximum atomic E-state index is 12.8. The van der Waals surface area contributed by atoms with E-state index in [0.29, 0.717) is 11.3 Å². The van der Waals surface area contributed by atoms with E-state index in [2.05, 4.69) is 15.4 Å². The fraction of sp³-hybridized carbons (Fsp3) is 0.238. The lowest BCUT2D eigenvalue weighted by Gasteiger charge is -2.15. The second kappa shape index (κ2) is 8.04. The molecule has 7 nitrogen and oxygen atoms in total. The summed E-state index contributed by atoms with van der Waals surface area (Å²) in [7, 11) is 0. The highest BCUT2D eigenvalue weighted by Crippen LogP contribution is 2.23. The molecule has 2 amide bonds. The summed E-state index contributed by atoms with van der Waals surface area (Å²) in [6.07, 6.45) is 7.08. The molecule has 0 radical (unpaired) electrons. The topological polar surface area (TPSA) is 80.1 Å². The Balaban J connectivity index is 1.60. The highest BCUT2D eigenvalue weighted by Gasteiger charge is 2.22. The van der Waals surface area contributed by atoms with Gasteiger partial charge in [-0.1, -0.05) is 18.2 Å². The van der Waals surface area contributed by atoms with Crippen molar-refractivity contribution in [1.82, 2.24) is 25.0 Å². The van der Waals surface area contributed by atoms with Gasteiger partial charge in [0.15, 0.2) is 0 Å². The van der Waals surface area contributed by atoms with Crippen molar-refractivity contribution in [3.8, 4) is 16.9 Å². The van der Waals surface area contributed by atoms with E-state index >= 15 is 0 Å². The zero-order chi connectivity index (χ0) is 19.3. The number of hydrogen-bond acceptors (Lipinski definition) is 4. The Hall–Kier alpha value is -3.48. The Morgan fingerprint density at radius 3 is 2.54 bits per heavy atom. The van der Waals surface area contributed by atoms with Crippen LogP contribution in [0.2, 0.25) is 0 Å². The molecule has 1 aromatic carbocycles. The first kappa shape index (κ1) is 17.9. The maximum Gasteiger partial charge on any atom is 0.255 e. The SMILES string of the molecule is O=C(NCC(=O)N1CCCC1)c1cn(-c2ccccc2)nc1-c1cccnc1. The first-order chi connectivity index (χ1) is 13.7. The summed E-state index contributed by atoms with van der Waals surface area (Å²) in [6.45, 7) is 1.52. The third-order valence-corrected chi connectivity index (χ3v) is 4.77.